The van der Waals surface area contributed by atoms with E-state index in [0.717, 1.165) is 0 Å². The molecule has 0 saturated carbocycles. The number of carbonyl (C=O) groups is 3. The number of nitrogens with zero attached hydrogens (tertiary/aromatic N) is 1. The minimum atomic E-state index is -0.963. The molecule has 0 atom stereocenters. The van der Waals surface area contributed by atoms with Crippen molar-refractivity contribution in [2.24, 2.45) is 5.10 Å². The lowest BCUT2D eigenvalue weighted by atomic mass is 10.2. The molecular formula is C25H23ClN4O6. The third kappa shape index (κ3) is 7.74. The van der Waals surface area contributed by atoms with Gasteiger partial charge in [-0.3, -0.25) is 14.4 Å². The Morgan fingerprint density at radius 3 is 2.33 bits per heavy atom. The highest BCUT2D eigenvalue weighted by Crippen LogP contribution is 2.28. The van der Waals surface area contributed by atoms with Gasteiger partial charge >= 0.3 is 11.8 Å². The van der Waals surface area contributed by atoms with Gasteiger partial charge < -0.3 is 24.8 Å². The molecule has 186 valence electrons. The molecule has 11 heteroatoms. The van der Waals surface area contributed by atoms with Crippen LogP contribution in [0.15, 0.2) is 71.8 Å². The van der Waals surface area contributed by atoms with Crippen LogP contribution in [0.1, 0.15) is 5.56 Å². The van der Waals surface area contributed by atoms with Crippen molar-refractivity contribution in [1.82, 2.24) is 5.43 Å². The number of hydrogen-bond acceptors (Lipinski definition) is 7. The monoisotopic (exact) mass is 510 g/mol. The van der Waals surface area contributed by atoms with Crippen molar-refractivity contribution >= 4 is 46.9 Å². The van der Waals surface area contributed by atoms with Crippen LogP contribution in [-0.4, -0.2) is 44.8 Å². The van der Waals surface area contributed by atoms with Crippen LogP contribution < -0.4 is 30.3 Å². The predicted molar refractivity (Wildman–Crippen MR) is 136 cm³/mol. The Kier molecular flexibility index (Phi) is 9.24. The summed E-state index contributed by atoms with van der Waals surface area (Å²) in [5, 5.41) is 9.43. The zero-order valence-electron chi connectivity index (χ0n) is 19.4. The van der Waals surface area contributed by atoms with Gasteiger partial charge in [0.2, 0.25) is 0 Å². The molecule has 3 aromatic carbocycles. The molecule has 0 heterocycles. The fourth-order valence-electron chi connectivity index (χ4n) is 2.86. The SMILES string of the molecule is COc1ccc(NC(=O)C(=O)N/N=C\c2ccc(OCC(=O)Nc3cccc(Cl)c3)cc2)c(OC)c1. The lowest BCUT2D eigenvalue weighted by molar-refractivity contribution is -0.136. The van der Waals surface area contributed by atoms with E-state index in [4.69, 9.17) is 25.8 Å². The smallest absolute Gasteiger partial charge is 0.329 e. The van der Waals surface area contributed by atoms with E-state index >= 15 is 0 Å². The summed E-state index contributed by atoms with van der Waals surface area (Å²) in [5.74, 6) is -0.883. The van der Waals surface area contributed by atoms with Gasteiger partial charge in [-0.15, -0.1) is 0 Å². The van der Waals surface area contributed by atoms with E-state index in [1.807, 2.05) is 0 Å². The van der Waals surface area contributed by atoms with E-state index in [0.29, 0.717) is 39.2 Å². The molecule has 0 aliphatic heterocycles. The molecule has 0 aromatic heterocycles. The van der Waals surface area contributed by atoms with Gasteiger partial charge in [0.05, 0.1) is 26.1 Å². The molecule has 0 spiro atoms. The van der Waals surface area contributed by atoms with Gasteiger partial charge in [0.15, 0.2) is 6.61 Å². The largest absolute Gasteiger partial charge is 0.497 e. The fourth-order valence-corrected chi connectivity index (χ4v) is 3.05. The number of carbonyl (C=O) groups excluding carboxylic acids is 3. The number of ether oxygens (including phenoxy) is 3. The molecular weight excluding hydrogens is 488 g/mol. The maximum absolute atomic E-state index is 12.1. The first kappa shape index (κ1) is 26.0. The number of hydrogen-bond donors (Lipinski definition) is 3. The highest BCUT2D eigenvalue weighted by atomic mass is 35.5. The highest BCUT2D eigenvalue weighted by Gasteiger charge is 2.15. The fraction of sp³-hybridized carbons (Fsp3) is 0.120. The first-order valence-electron chi connectivity index (χ1n) is 10.5. The molecule has 3 N–H and O–H groups in total. The molecule has 0 bridgehead atoms. The average Bonchev–Trinajstić information content (AvgIpc) is 2.88. The lowest BCUT2D eigenvalue weighted by Crippen LogP contribution is -2.32. The van der Waals surface area contributed by atoms with Gasteiger partial charge in [-0.2, -0.15) is 5.10 Å². The van der Waals surface area contributed by atoms with Crippen molar-refractivity contribution in [2.75, 3.05) is 31.5 Å². The second kappa shape index (κ2) is 12.8. The third-order valence-electron chi connectivity index (χ3n) is 4.60. The number of methoxy groups -OCH3 is 2. The Morgan fingerprint density at radius 1 is 0.889 bits per heavy atom. The Labute approximate surface area is 212 Å². The van der Waals surface area contributed by atoms with Crippen LogP contribution in [0.5, 0.6) is 17.2 Å². The molecule has 3 amide bonds. The van der Waals surface area contributed by atoms with E-state index in [-0.39, 0.29) is 12.5 Å². The number of hydrazone groups is 1. The summed E-state index contributed by atoms with van der Waals surface area (Å²) in [7, 11) is 2.93. The summed E-state index contributed by atoms with van der Waals surface area (Å²) in [6.07, 6.45) is 1.36. The Hall–Kier alpha value is -4.57. The minimum absolute atomic E-state index is 0.190. The number of benzene rings is 3. The lowest BCUT2D eigenvalue weighted by Gasteiger charge is -2.10. The van der Waals surface area contributed by atoms with Crippen molar-refractivity contribution in [1.29, 1.82) is 0 Å². The normalized spacial score (nSPS) is 10.4. The molecule has 36 heavy (non-hydrogen) atoms. The second-order valence-corrected chi connectivity index (χ2v) is 7.57. The van der Waals surface area contributed by atoms with Crippen LogP contribution in [0.4, 0.5) is 11.4 Å². The van der Waals surface area contributed by atoms with E-state index in [1.165, 1.54) is 20.4 Å². The summed E-state index contributed by atoms with van der Waals surface area (Å²) in [6, 6.07) is 18.1. The van der Waals surface area contributed by atoms with Crippen molar-refractivity contribution in [3.63, 3.8) is 0 Å². The standard InChI is InChI=1S/C25H23ClN4O6/c1-34-20-10-11-21(22(13-20)35-2)29-24(32)25(33)30-27-14-16-6-8-19(9-7-16)36-15-23(31)28-18-5-3-4-17(26)12-18/h3-14H,15H2,1-2H3,(H,28,31)(H,29,32)(H,30,33)/b27-14-. The van der Waals surface area contributed by atoms with E-state index in [2.05, 4.69) is 21.2 Å². The summed E-state index contributed by atoms with van der Waals surface area (Å²) in [4.78, 5) is 36.2. The summed E-state index contributed by atoms with van der Waals surface area (Å²) < 4.78 is 15.7. The Bertz CT molecular complexity index is 1260. The van der Waals surface area contributed by atoms with Gasteiger partial charge in [0, 0.05) is 16.8 Å². The van der Waals surface area contributed by atoms with Gasteiger partial charge in [-0.25, -0.2) is 5.43 Å². The molecule has 10 nitrogen and oxygen atoms in total. The van der Waals surface area contributed by atoms with E-state index in [1.54, 1.807) is 66.7 Å². The number of halogens is 1. The number of rotatable bonds is 9. The molecule has 3 aromatic rings. The molecule has 0 radical (unpaired) electrons. The van der Waals surface area contributed by atoms with Crippen molar-refractivity contribution in [3.8, 4) is 17.2 Å². The van der Waals surface area contributed by atoms with Crippen molar-refractivity contribution in [3.05, 3.63) is 77.3 Å². The van der Waals surface area contributed by atoms with Crippen LogP contribution in [0, 0.1) is 0 Å². The molecule has 0 aliphatic carbocycles. The van der Waals surface area contributed by atoms with Gasteiger partial charge in [-0.05, 0) is 60.2 Å². The summed E-state index contributed by atoms with van der Waals surface area (Å²) >= 11 is 5.89. The molecule has 0 saturated heterocycles. The van der Waals surface area contributed by atoms with Gasteiger partial charge in [0.25, 0.3) is 5.91 Å². The number of nitrogens with one attached hydrogen (secondary N) is 3. The third-order valence-corrected chi connectivity index (χ3v) is 4.84. The maximum atomic E-state index is 12.1. The van der Waals surface area contributed by atoms with Crippen LogP contribution in [0.2, 0.25) is 5.02 Å². The zero-order chi connectivity index (χ0) is 25.9. The van der Waals surface area contributed by atoms with Crippen LogP contribution in [0.25, 0.3) is 0 Å². The first-order chi connectivity index (χ1) is 17.4. The molecule has 0 unspecified atom stereocenters. The molecule has 0 fully saturated rings. The van der Waals surface area contributed by atoms with Gasteiger partial charge in [-0.1, -0.05) is 17.7 Å². The first-order valence-corrected chi connectivity index (χ1v) is 10.9. The predicted octanol–water partition coefficient (Wildman–Crippen LogP) is 3.46. The quantitative estimate of drug-likeness (QED) is 0.230. The van der Waals surface area contributed by atoms with Crippen LogP contribution in [0.3, 0.4) is 0 Å². The Morgan fingerprint density at radius 2 is 1.64 bits per heavy atom. The Balaban J connectivity index is 1.45. The molecule has 3 rings (SSSR count). The average molecular weight is 511 g/mol. The maximum Gasteiger partial charge on any atom is 0.329 e. The topological polar surface area (TPSA) is 127 Å². The summed E-state index contributed by atoms with van der Waals surface area (Å²) in [5.41, 5.74) is 3.66. The van der Waals surface area contributed by atoms with Crippen molar-refractivity contribution in [2.45, 2.75) is 0 Å². The molecule has 0 aliphatic rings. The number of amides is 3. The van der Waals surface area contributed by atoms with Crippen molar-refractivity contribution < 1.29 is 28.6 Å². The summed E-state index contributed by atoms with van der Waals surface area (Å²) in [6.45, 7) is -0.190. The highest BCUT2D eigenvalue weighted by molar-refractivity contribution is 6.39. The van der Waals surface area contributed by atoms with Crippen LogP contribution >= 0.6 is 11.6 Å². The second-order valence-electron chi connectivity index (χ2n) is 7.14. The zero-order valence-corrected chi connectivity index (χ0v) is 20.2. The number of anilines is 2. The van der Waals surface area contributed by atoms with E-state index < -0.39 is 11.8 Å². The van der Waals surface area contributed by atoms with E-state index in [9.17, 15) is 14.4 Å². The van der Waals surface area contributed by atoms with Gasteiger partial charge in [0.1, 0.15) is 17.2 Å². The minimum Gasteiger partial charge on any atom is -0.497 e. The van der Waals surface area contributed by atoms with Crippen LogP contribution in [-0.2, 0) is 14.4 Å².